The Balaban J connectivity index is 2.74. The molecule has 0 unspecified atom stereocenters. The van der Waals surface area contributed by atoms with Crippen LogP contribution in [0.4, 0.5) is 0 Å². The molecule has 0 saturated carbocycles. The summed E-state index contributed by atoms with van der Waals surface area (Å²) in [4.78, 5) is 12.1. The summed E-state index contributed by atoms with van der Waals surface area (Å²) in [6.45, 7) is 5.10. The maximum Gasteiger partial charge on any atom is 0.251 e. The molecule has 4 nitrogen and oxygen atoms in total. The molecule has 0 bridgehead atoms. The smallest absolute Gasteiger partial charge is 0.251 e. The molecule has 0 aliphatic heterocycles. The van der Waals surface area contributed by atoms with Gasteiger partial charge >= 0.3 is 0 Å². The average molecular weight is 289 g/mol. The second-order valence-corrected chi connectivity index (χ2v) is 4.75. The van der Waals surface area contributed by atoms with Crippen molar-refractivity contribution in [2.24, 2.45) is 5.92 Å². The third-order valence-corrected chi connectivity index (χ3v) is 3.44. The number of carbonyl (C=O) groups excluding carboxylic acids is 1. The zero-order valence-electron chi connectivity index (χ0n) is 12.9. The molecule has 0 fully saturated rings. The molecular formula is C17H23NO3. The molecule has 4 heteroatoms. The number of hydrogen-bond donors (Lipinski definition) is 1. The highest BCUT2D eigenvalue weighted by atomic mass is 16.5. The van der Waals surface area contributed by atoms with E-state index in [2.05, 4.69) is 25.1 Å². The van der Waals surface area contributed by atoms with Crippen LogP contribution in [-0.2, 0) is 0 Å². The van der Waals surface area contributed by atoms with Gasteiger partial charge in [-0.1, -0.05) is 32.6 Å². The first kappa shape index (κ1) is 16.9. The van der Waals surface area contributed by atoms with Gasteiger partial charge in [0.15, 0.2) is 11.5 Å². The molecule has 114 valence electrons. The number of hydrogen-bond acceptors (Lipinski definition) is 3. The van der Waals surface area contributed by atoms with Gasteiger partial charge in [-0.15, -0.1) is 6.42 Å². The molecule has 0 heterocycles. The van der Waals surface area contributed by atoms with Crippen molar-refractivity contribution in [3.05, 3.63) is 23.8 Å². The van der Waals surface area contributed by atoms with Crippen LogP contribution in [0.1, 0.15) is 37.0 Å². The molecule has 21 heavy (non-hydrogen) atoms. The van der Waals surface area contributed by atoms with E-state index < -0.39 is 0 Å². The summed E-state index contributed by atoms with van der Waals surface area (Å²) in [5.41, 5.74) is 0.547. The summed E-state index contributed by atoms with van der Waals surface area (Å²) in [5.74, 6) is 3.83. The molecule has 0 aliphatic rings. The number of benzene rings is 1. The molecule has 0 aromatic heterocycles. The Morgan fingerprint density at radius 3 is 2.62 bits per heavy atom. The molecule has 0 aliphatic carbocycles. The number of amides is 1. The highest BCUT2D eigenvalue weighted by Gasteiger charge is 2.12. The van der Waals surface area contributed by atoms with Gasteiger partial charge in [0.05, 0.1) is 7.11 Å². The van der Waals surface area contributed by atoms with E-state index in [1.807, 2.05) is 0 Å². The van der Waals surface area contributed by atoms with Gasteiger partial charge in [-0.05, 0) is 24.1 Å². The largest absolute Gasteiger partial charge is 0.493 e. The van der Waals surface area contributed by atoms with Crippen LogP contribution in [0.15, 0.2) is 18.2 Å². The molecule has 1 amide bonds. The first-order valence-corrected chi connectivity index (χ1v) is 7.18. The number of terminal acetylenes is 1. The lowest BCUT2D eigenvalue weighted by atomic mass is 10.0. The molecular weight excluding hydrogens is 266 g/mol. The zero-order chi connectivity index (χ0) is 15.7. The second-order valence-electron chi connectivity index (χ2n) is 4.75. The summed E-state index contributed by atoms with van der Waals surface area (Å²) in [6.07, 6.45) is 7.27. The van der Waals surface area contributed by atoms with Crippen LogP contribution >= 0.6 is 0 Å². The van der Waals surface area contributed by atoms with E-state index in [1.54, 1.807) is 18.2 Å². The first-order chi connectivity index (χ1) is 10.2. The number of methoxy groups -OCH3 is 1. The maximum absolute atomic E-state index is 12.1. The van der Waals surface area contributed by atoms with E-state index in [1.165, 1.54) is 7.11 Å². The van der Waals surface area contributed by atoms with E-state index in [9.17, 15) is 4.79 Å². The fourth-order valence-corrected chi connectivity index (χ4v) is 1.96. The van der Waals surface area contributed by atoms with Crippen LogP contribution in [0.25, 0.3) is 0 Å². The zero-order valence-corrected chi connectivity index (χ0v) is 12.9. The average Bonchev–Trinajstić information content (AvgIpc) is 2.53. The Morgan fingerprint density at radius 1 is 1.33 bits per heavy atom. The normalized spacial score (nSPS) is 10.0. The minimum Gasteiger partial charge on any atom is -0.493 e. The minimum absolute atomic E-state index is 0.108. The van der Waals surface area contributed by atoms with E-state index >= 15 is 0 Å². The van der Waals surface area contributed by atoms with E-state index in [4.69, 9.17) is 15.9 Å². The van der Waals surface area contributed by atoms with E-state index in [0.717, 1.165) is 12.8 Å². The van der Waals surface area contributed by atoms with Crippen LogP contribution in [0.2, 0.25) is 0 Å². The highest BCUT2D eigenvalue weighted by Crippen LogP contribution is 2.28. The number of nitrogens with one attached hydrogen (secondary N) is 1. The van der Waals surface area contributed by atoms with Gasteiger partial charge in [-0.25, -0.2) is 0 Å². The van der Waals surface area contributed by atoms with Gasteiger partial charge < -0.3 is 14.8 Å². The van der Waals surface area contributed by atoms with Gasteiger partial charge in [0.25, 0.3) is 5.91 Å². The van der Waals surface area contributed by atoms with Crippen molar-refractivity contribution < 1.29 is 14.3 Å². The third kappa shape index (κ3) is 5.03. The molecule has 0 radical (unpaired) electrons. The van der Waals surface area contributed by atoms with Crippen molar-refractivity contribution in [1.82, 2.24) is 5.32 Å². The van der Waals surface area contributed by atoms with Gasteiger partial charge in [-0.3, -0.25) is 4.79 Å². The topological polar surface area (TPSA) is 47.6 Å². The molecule has 0 atom stereocenters. The molecule has 1 aromatic rings. The van der Waals surface area contributed by atoms with Crippen LogP contribution in [0.3, 0.4) is 0 Å². The predicted octanol–water partition coefficient (Wildman–Crippen LogP) is 2.87. The van der Waals surface area contributed by atoms with Crippen LogP contribution < -0.4 is 14.8 Å². The predicted molar refractivity (Wildman–Crippen MR) is 83.7 cm³/mol. The van der Waals surface area contributed by atoms with E-state index in [0.29, 0.717) is 29.5 Å². The van der Waals surface area contributed by atoms with Crippen molar-refractivity contribution in [2.45, 2.75) is 26.7 Å². The second kappa shape index (κ2) is 8.91. The fraction of sp³-hybridized carbons (Fsp3) is 0.471. The van der Waals surface area contributed by atoms with Crippen LogP contribution in [-0.4, -0.2) is 26.2 Å². The minimum atomic E-state index is -0.108. The lowest BCUT2D eigenvalue weighted by Gasteiger charge is -2.14. The van der Waals surface area contributed by atoms with Gasteiger partial charge in [0, 0.05) is 12.1 Å². The first-order valence-electron chi connectivity index (χ1n) is 7.18. The number of ether oxygens (including phenoxy) is 2. The summed E-state index contributed by atoms with van der Waals surface area (Å²) in [6, 6.07) is 5.06. The quantitative estimate of drug-likeness (QED) is 0.749. The summed E-state index contributed by atoms with van der Waals surface area (Å²) in [5, 5.41) is 2.95. The molecule has 0 spiro atoms. The Labute approximate surface area is 126 Å². The molecule has 1 N–H and O–H groups in total. The van der Waals surface area contributed by atoms with Crippen LogP contribution in [0, 0.1) is 18.3 Å². The fourth-order valence-electron chi connectivity index (χ4n) is 1.96. The van der Waals surface area contributed by atoms with Crippen molar-refractivity contribution in [2.75, 3.05) is 20.3 Å². The van der Waals surface area contributed by atoms with E-state index in [-0.39, 0.29) is 12.5 Å². The lowest BCUT2D eigenvalue weighted by molar-refractivity contribution is 0.0946. The van der Waals surface area contributed by atoms with Gasteiger partial charge in [0.2, 0.25) is 0 Å². The Bertz CT molecular complexity index is 501. The SMILES string of the molecule is C#CCOc1ccc(C(=O)NCC(CC)CC)cc1OC. The maximum atomic E-state index is 12.1. The standard InChI is InChI=1S/C17H23NO3/c1-5-10-21-15-9-8-14(11-16(15)20-4)17(19)18-12-13(6-2)7-3/h1,8-9,11,13H,6-7,10,12H2,2-4H3,(H,18,19). The monoisotopic (exact) mass is 289 g/mol. The Kier molecular flexibility index (Phi) is 7.17. The summed E-state index contributed by atoms with van der Waals surface area (Å²) in [7, 11) is 1.53. The lowest BCUT2D eigenvalue weighted by Crippen LogP contribution is -2.28. The Hall–Kier alpha value is -2.15. The molecule has 0 saturated heterocycles. The highest BCUT2D eigenvalue weighted by molar-refractivity contribution is 5.94. The van der Waals surface area contributed by atoms with Crippen molar-refractivity contribution in [3.8, 4) is 23.8 Å². The van der Waals surface area contributed by atoms with Crippen LogP contribution in [0.5, 0.6) is 11.5 Å². The third-order valence-electron chi connectivity index (χ3n) is 3.44. The summed E-state index contributed by atoms with van der Waals surface area (Å²) < 4.78 is 10.6. The summed E-state index contributed by atoms with van der Waals surface area (Å²) >= 11 is 0. The molecule has 1 rings (SSSR count). The number of rotatable bonds is 8. The van der Waals surface area contributed by atoms with Crippen molar-refractivity contribution >= 4 is 5.91 Å². The van der Waals surface area contributed by atoms with Crippen molar-refractivity contribution in [1.29, 1.82) is 0 Å². The Morgan fingerprint density at radius 2 is 2.05 bits per heavy atom. The molecule has 1 aromatic carbocycles. The number of carbonyl (C=O) groups is 1. The van der Waals surface area contributed by atoms with Gasteiger partial charge in [0.1, 0.15) is 6.61 Å². The van der Waals surface area contributed by atoms with Gasteiger partial charge in [-0.2, -0.15) is 0 Å². The van der Waals surface area contributed by atoms with Crippen molar-refractivity contribution in [3.63, 3.8) is 0 Å².